The normalized spacial score (nSPS) is 26.4. The van der Waals surface area contributed by atoms with Crippen molar-refractivity contribution < 1.29 is 36.7 Å². The maximum Gasteiger partial charge on any atom is 0.415 e. The topological polar surface area (TPSA) is 74.4 Å². The van der Waals surface area contributed by atoms with E-state index in [4.69, 9.17) is 9.57 Å². The van der Waals surface area contributed by atoms with E-state index >= 15 is 0 Å². The van der Waals surface area contributed by atoms with Gasteiger partial charge in [-0.15, -0.1) is 0 Å². The second-order valence-electron chi connectivity index (χ2n) is 7.68. The lowest BCUT2D eigenvalue weighted by molar-refractivity contribution is -0.143. The van der Waals surface area contributed by atoms with Crippen LogP contribution in [0, 0.1) is 11.6 Å². The molecule has 1 aromatic rings. The Morgan fingerprint density at radius 2 is 1.97 bits per heavy atom. The molecule has 2 atom stereocenters. The fraction of sp³-hybridized carbons (Fsp3) is 0.579. The van der Waals surface area contributed by atoms with E-state index in [0.29, 0.717) is 26.2 Å². The maximum absolute atomic E-state index is 14.9. The molecule has 0 bridgehead atoms. The molecular weight excluding hydrogens is 424 g/mol. The molecule has 12 heteroatoms. The Morgan fingerprint density at radius 1 is 1.26 bits per heavy atom. The largest absolute Gasteiger partial charge is 0.438 e. The van der Waals surface area contributed by atoms with Gasteiger partial charge in [0.1, 0.15) is 5.69 Å². The Hall–Kier alpha value is -2.60. The van der Waals surface area contributed by atoms with E-state index in [9.17, 15) is 27.2 Å². The number of rotatable bonds is 5. The zero-order chi connectivity index (χ0) is 22.3. The van der Waals surface area contributed by atoms with Crippen LogP contribution >= 0.6 is 0 Å². The van der Waals surface area contributed by atoms with Gasteiger partial charge >= 0.3 is 12.5 Å². The van der Waals surface area contributed by atoms with Crippen molar-refractivity contribution in [2.45, 2.75) is 31.4 Å². The number of amides is 2. The first kappa shape index (κ1) is 21.6. The number of likely N-dealkylation sites (N-methyl/N-ethyl adjacent to an activating group) is 1. The number of halogens is 4. The van der Waals surface area contributed by atoms with Crippen LogP contribution in [0.4, 0.5) is 33.7 Å². The predicted octanol–water partition coefficient (Wildman–Crippen LogP) is 1.89. The summed E-state index contributed by atoms with van der Waals surface area (Å²) in [5.41, 5.74) is -1.42. The molecule has 31 heavy (non-hydrogen) atoms. The van der Waals surface area contributed by atoms with Crippen molar-refractivity contribution in [3.05, 3.63) is 23.8 Å². The highest BCUT2D eigenvalue weighted by Gasteiger charge is 2.64. The average molecular weight is 446 g/mol. The molecule has 1 aromatic carbocycles. The van der Waals surface area contributed by atoms with Crippen molar-refractivity contribution in [3.8, 4) is 0 Å². The number of hydroxylamine groups is 2. The van der Waals surface area contributed by atoms with E-state index in [-0.39, 0.29) is 30.9 Å². The summed E-state index contributed by atoms with van der Waals surface area (Å²) in [6, 6.07) is 1.31. The van der Waals surface area contributed by atoms with Crippen LogP contribution in [-0.2, 0) is 14.4 Å². The van der Waals surface area contributed by atoms with Crippen LogP contribution in [0.1, 0.15) is 13.3 Å². The van der Waals surface area contributed by atoms with E-state index < -0.39 is 41.7 Å². The van der Waals surface area contributed by atoms with Gasteiger partial charge in [-0.1, -0.05) is 6.92 Å². The number of carbonyl (C=O) groups is 2. The molecule has 1 spiro atoms. The lowest BCUT2D eigenvalue weighted by Gasteiger charge is -2.24. The highest BCUT2D eigenvalue weighted by atomic mass is 19.3. The summed E-state index contributed by atoms with van der Waals surface area (Å²) < 4.78 is 59.9. The van der Waals surface area contributed by atoms with Gasteiger partial charge in [-0.3, -0.25) is 14.5 Å². The number of hydrogen-bond donors (Lipinski definition) is 1. The van der Waals surface area contributed by atoms with E-state index in [0.717, 1.165) is 17.0 Å². The second kappa shape index (κ2) is 8.15. The molecule has 170 valence electrons. The third kappa shape index (κ3) is 4.13. The standard InChI is InChI=1S/C19H22F4N4O4/c1-2-26-4-3-25(5-6-30-26)15-12(20)7-11(8-13(15)21)27-10-19(31-18(27)29)9-14(19)24-17(28)16(22)23/h7-8,14,16H,2-6,9-10H2,1H3,(H,24,28)/t14-,19+/m0/s1. The first-order valence-corrected chi connectivity index (χ1v) is 9.95. The SMILES string of the molecule is CCN1CCN(c2c(F)cc(N3C[C@@]4(C[C@@H]4NC(=O)C(F)F)OC3=O)cc2F)CCO1. The van der Waals surface area contributed by atoms with Crippen LogP contribution < -0.4 is 15.1 Å². The highest BCUT2D eigenvalue weighted by Crippen LogP contribution is 2.46. The first-order chi connectivity index (χ1) is 14.7. The molecule has 4 rings (SSSR count). The molecule has 2 saturated heterocycles. The Balaban J connectivity index is 1.49. The van der Waals surface area contributed by atoms with Crippen molar-refractivity contribution in [2.24, 2.45) is 0 Å². The number of benzene rings is 1. The fourth-order valence-corrected chi connectivity index (χ4v) is 3.95. The van der Waals surface area contributed by atoms with Gasteiger partial charge in [0.15, 0.2) is 17.2 Å². The molecular formula is C19H22F4N4O4. The van der Waals surface area contributed by atoms with E-state index in [1.807, 2.05) is 6.92 Å². The third-order valence-electron chi connectivity index (χ3n) is 5.71. The van der Waals surface area contributed by atoms with Gasteiger partial charge < -0.3 is 15.0 Å². The third-order valence-corrected chi connectivity index (χ3v) is 5.71. The molecule has 1 N–H and O–H groups in total. The summed E-state index contributed by atoms with van der Waals surface area (Å²) in [6.45, 7) is 3.87. The van der Waals surface area contributed by atoms with Crippen LogP contribution in [0.25, 0.3) is 0 Å². The average Bonchev–Trinajstić information content (AvgIpc) is 3.33. The molecule has 1 aliphatic carbocycles. The number of ether oxygens (including phenoxy) is 1. The van der Waals surface area contributed by atoms with Gasteiger partial charge in [-0.25, -0.2) is 13.6 Å². The summed E-state index contributed by atoms with van der Waals surface area (Å²) in [6.07, 6.45) is -3.89. The minimum atomic E-state index is -3.18. The van der Waals surface area contributed by atoms with Gasteiger partial charge in [0.2, 0.25) is 0 Å². The molecule has 3 aliphatic rings. The molecule has 1 saturated carbocycles. The lowest BCUT2D eigenvalue weighted by atomic mass is 10.2. The van der Waals surface area contributed by atoms with Crippen molar-refractivity contribution >= 4 is 23.4 Å². The fourth-order valence-electron chi connectivity index (χ4n) is 3.95. The molecule has 0 radical (unpaired) electrons. The monoisotopic (exact) mass is 446 g/mol. The van der Waals surface area contributed by atoms with E-state index in [1.54, 1.807) is 9.96 Å². The Kier molecular flexibility index (Phi) is 5.69. The summed E-state index contributed by atoms with van der Waals surface area (Å²) >= 11 is 0. The number of alkyl halides is 2. The Bertz CT molecular complexity index is 865. The Morgan fingerprint density at radius 3 is 2.61 bits per heavy atom. The zero-order valence-corrected chi connectivity index (χ0v) is 16.7. The molecule has 0 unspecified atom stereocenters. The molecule has 2 amide bonds. The van der Waals surface area contributed by atoms with Crippen LogP contribution in [0.2, 0.25) is 0 Å². The number of hydrogen-bond acceptors (Lipinski definition) is 6. The summed E-state index contributed by atoms with van der Waals surface area (Å²) in [5, 5.41) is 3.82. The first-order valence-electron chi connectivity index (χ1n) is 9.95. The number of anilines is 2. The van der Waals surface area contributed by atoms with Crippen molar-refractivity contribution in [3.63, 3.8) is 0 Å². The summed E-state index contributed by atoms with van der Waals surface area (Å²) in [4.78, 5) is 31.5. The minimum Gasteiger partial charge on any atom is -0.438 e. The summed E-state index contributed by atoms with van der Waals surface area (Å²) in [5.74, 6) is -3.14. The number of nitrogens with zero attached hydrogens (tertiary/aromatic N) is 3. The zero-order valence-electron chi connectivity index (χ0n) is 16.7. The van der Waals surface area contributed by atoms with Gasteiger partial charge in [-0.05, 0) is 0 Å². The molecule has 0 aromatic heterocycles. The molecule has 2 aliphatic heterocycles. The highest BCUT2D eigenvalue weighted by molar-refractivity contribution is 5.91. The van der Waals surface area contributed by atoms with Crippen LogP contribution in [0.3, 0.4) is 0 Å². The van der Waals surface area contributed by atoms with Crippen molar-refractivity contribution in [1.82, 2.24) is 10.4 Å². The number of carbonyl (C=O) groups excluding carboxylic acids is 2. The van der Waals surface area contributed by atoms with Crippen LogP contribution in [0.5, 0.6) is 0 Å². The van der Waals surface area contributed by atoms with Gasteiger partial charge in [0.25, 0.3) is 5.91 Å². The van der Waals surface area contributed by atoms with Gasteiger partial charge in [0, 0.05) is 44.7 Å². The number of nitrogens with one attached hydrogen (secondary N) is 1. The Labute approximate surface area is 175 Å². The van der Waals surface area contributed by atoms with Crippen molar-refractivity contribution in [1.29, 1.82) is 0 Å². The molecule has 2 heterocycles. The molecule has 3 fully saturated rings. The lowest BCUT2D eigenvalue weighted by Crippen LogP contribution is -2.37. The van der Waals surface area contributed by atoms with E-state index in [1.165, 1.54) is 0 Å². The van der Waals surface area contributed by atoms with Crippen molar-refractivity contribution in [2.75, 3.05) is 49.1 Å². The summed E-state index contributed by atoms with van der Waals surface area (Å²) in [7, 11) is 0. The van der Waals surface area contributed by atoms with Gasteiger partial charge in [0.05, 0.1) is 24.9 Å². The van der Waals surface area contributed by atoms with Gasteiger partial charge in [-0.2, -0.15) is 13.8 Å². The smallest absolute Gasteiger partial charge is 0.415 e. The second-order valence-corrected chi connectivity index (χ2v) is 7.68. The quantitative estimate of drug-likeness (QED) is 0.697. The predicted molar refractivity (Wildman–Crippen MR) is 101 cm³/mol. The van der Waals surface area contributed by atoms with Crippen LogP contribution in [-0.4, -0.2) is 74.5 Å². The van der Waals surface area contributed by atoms with Crippen LogP contribution in [0.15, 0.2) is 12.1 Å². The maximum atomic E-state index is 14.9. The van der Waals surface area contributed by atoms with E-state index in [2.05, 4.69) is 5.32 Å². The minimum absolute atomic E-state index is 0.0484. The molecule has 8 nitrogen and oxygen atoms in total.